The molecule has 1 aromatic carbocycles. The van der Waals surface area contributed by atoms with Crippen LogP contribution in [-0.2, 0) is 0 Å². The van der Waals surface area contributed by atoms with Gasteiger partial charge in [-0.05, 0) is 50.5 Å². The third-order valence-corrected chi connectivity index (χ3v) is 2.85. The number of nitrogens with one attached hydrogen (secondary N) is 1. The second-order valence-corrected chi connectivity index (χ2v) is 4.88. The van der Waals surface area contributed by atoms with Gasteiger partial charge in [-0.2, -0.15) is 13.2 Å². The van der Waals surface area contributed by atoms with E-state index in [1.54, 1.807) is 6.92 Å². The fourth-order valence-electron chi connectivity index (χ4n) is 1.80. The van der Waals surface area contributed by atoms with E-state index in [-0.39, 0.29) is 12.6 Å². The van der Waals surface area contributed by atoms with Gasteiger partial charge in [0.05, 0.1) is 6.54 Å². The summed E-state index contributed by atoms with van der Waals surface area (Å²) >= 11 is 0. The van der Waals surface area contributed by atoms with Crippen molar-refractivity contribution >= 4 is 0 Å². The quantitative estimate of drug-likeness (QED) is 0.887. The van der Waals surface area contributed by atoms with Crippen molar-refractivity contribution in [3.05, 3.63) is 28.8 Å². The van der Waals surface area contributed by atoms with Gasteiger partial charge in [-0.3, -0.25) is 0 Å². The number of halogens is 3. The standard InChI is InChI=1S/C14H20F3NO/c1-9-5-10(2)12(4)13(6-9)19-11(3)7-18-8-14(15,16)17/h5-6,11,18H,7-8H2,1-4H3. The molecule has 0 spiro atoms. The topological polar surface area (TPSA) is 21.3 Å². The molecule has 1 N–H and O–H groups in total. The summed E-state index contributed by atoms with van der Waals surface area (Å²) in [5, 5.41) is 2.34. The maximum Gasteiger partial charge on any atom is 0.401 e. The molecule has 5 heteroatoms. The number of rotatable bonds is 5. The predicted molar refractivity (Wildman–Crippen MR) is 69.7 cm³/mol. The predicted octanol–water partition coefficient (Wildman–Crippen LogP) is 3.53. The van der Waals surface area contributed by atoms with Gasteiger partial charge in [-0.15, -0.1) is 0 Å². The van der Waals surface area contributed by atoms with Crippen LogP contribution in [0.25, 0.3) is 0 Å². The average Bonchev–Trinajstić information content (AvgIpc) is 2.23. The van der Waals surface area contributed by atoms with Crippen LogP contribution in [0.4, 0.5) is 13.2 Å². The summed E-state index contributed by atoms with van der Waals surface area (Å²) in [5.74, 6) is 0.735. The zero-order chi connectivity index (χ0) is 14.6. The van der Waals surface area contributed by atoms with Crippen molar-refractivity contribution in [1.82, 2.24) is 5.32 Å². The molecule has 1 aromatic rings. The fraction of sp³-hybridized carbons (Fsp3) is 0.571. The monoisotopic (exact) mass is 275 g/mol. The summed E-state index contributed by atoms with van der Waals surface area (Å²) in [4.78, 5) is 0. The molecule has 0 aliphatic rings. The van der Waals surface area contributed by atoms with E-state index in [1.165, 1.54) is 0 Å². The first kappa shape index (κ1) is 15.8. The van der Waals surface area contributed by atoms with Crippen LogP contribution in [0, 0.1) is 20.8 Å². The number of aryl methyl sites for hydroxylation is 2. The Hall–Kier alpha value is -1.23. The molecule has 0 radical (unpaired) electrons. The third kappa shape index (κ3) is 5.51. The first-order valence-corrected chi connectivity index (χ1v) is 6.21. The van der Waals surface area contributed by atoms with Gasteiger partial charge in [-0.1, -0.05) is 6.07 Å². The maximum atomic E-state index is 12.0. The van der Waals surface area contributed by atoms with Crippen LogP contribution in [0.1, 0.15) is 23.6 Å². The highest BCUT2D eigenvalue weighted by molar-refractivity contribution is 5.42. The van der Waals surface area contributed by atoms with Gasteiger partial charge in [0.2, 0.25) is 0 Å². The second-order valence-electron chi connectivity index (χ2n) is 4.88. The smallest absolute Gasteiger partial charge is 0.401 e. The van der Waals surface area contributed by atoms with Crippen LogP contribution >= 0.6 is 0 Å². The Bertz CT molecular complexity index is 429. The van der Waals surface area contributed by atoms with Gasteiger partial charge in [0.1, 0.15) is 11.9 Å². The lowest BCUT2D eigenvalue weighted by molar-refractivity contribution is -0.125. The van der Waals surface area contributed by atoms with E-state index in [0.29, 0.717) is 0 Å². The Morgan fingerprint density at radius 1 is 1.21 bits per heavy atom. The van der Waals surface area contributed by atoms with Crippen molar-refractivity contribution in [2.75, 3.05) is 13.1 Å². The molecular formula is C14H20F3NO. The zero-order valence-corrected chi connectivity index (χ0v) is 11.7. The van der Waals surface area contributed by atoms with Gasteiger partial charge in [0.15, 0.2) is 0 Å². The average molecular weight is 275 g/mol. The summed E-state index contributed by atoms with van der Waals surface area (Å²) in [6, 6.07) is 3.96. The van der Waals surface area contributed by atoms with Crippen LogP contribution in [0.2, 0.25) is 0 Å². The molecule has 0 fully saturated rings. The lowest BCUT2D eigenvalue weighted by Gasteiger charge is -2.19. The third-order valence-electron chi connectivity index (χ3n) is 2.85. The molecule has 0 aliphatic heterocycles. The molecule has 0 aliphatic carbocycles. The largest absolute Gasteiger partial charge is 0.489 e. The van der Waals surface area contributed by atoms with Crippen LogP contribution < -0.4 is 10.1 Å². The Morgan fingerprint density at radius 3 is 2.42 bits per heavy atom. The van der Waals surface area contributed by atoms with Crippen LogP contribution in [0.5, 0.6) is 5.75 Å². The molecule has 0 saturated heterocycles. The normalized spacial score (nSPS) is 13.4. The number of hydrogen-bond acceptors (Lipinski definition) is 2. The van der Waals surface area contributed by atoms with Gasteiger partial charge < -0.3 is 10.1 Å². The highest BCUT2D eigenvalue weighted by Crippen LogP contribution is 2.24. The van der Waals surface area contributed by atoms with Gasteiger partial charge in [0.25, 0.3) is 0 Å². The second kappa shape index (κ2) is 6.28. The fourth-order valence-corrected chi connectivity index (χ4v) is 1.80. The zero-order valence-electron chi connectivity index (χ0n) is 11.7. The molecule has 1 rings (SSSR count). The Balaban J connectivity index is 2.55. The van der Waals surface area contributed by atoms with Crippen molar-refractivity contribution in [3.8, 4) is 5.75 Å². The molecule has 108 valence electrons. The van der Waals surface area contributed by atoms with Crippen molar-refractivity contribution in [2.45, 2.75) is 40.0 Å². The minimum atomic E-state index is -4.18. The van der Waals surface area contributed by atoms with E-state index in [4.69, 9.17) is 4.74 Å². The number of benzene rings is 1. The molecule has 0 heterocycles. The van der Waals surface area contributed by atoms with E-state index in [0.717, 1.165) is 22.4 Å². The van der Waals surface area contributed by atoms with Crippen molar-refractivity contribution in [3.63, 3.8) is 0 Å². The van der Waals surface area contributed by atoms with Crippen LogP contribution in [-0.4, -0.2) is 25.4 Å². The molecule has 0 aromatic heterocycles. The molecule has 0 amide bonds. The van der Waals surface area contributed by atoms with E-state index >= 15 is 0 Å². The molecule has 0 bridgehead atoms. The van der Waals surface area contributed by atoms with E-state index < -0.39 is 12.7 Å². The van der Waals surface area contributed by atoms with Crippen LogP contribution in [0.15, 0.2) is 12.1 Å². The minimum Gasteiger partial charge on any atom is -0.489 e. The lowest BCUT2D eigenvalue weighted by Crippen LogP contribution is -2.35. The van der Waals surface area contributed by atoms with E-state index in [1.807, 2.05) is 26.8 Å². The highest BCUT2D eigenvalue weighted by Gasteiger charge is 2.26. The molecular weight excluding hydrogens is 255 g/mol. The van der Waals surface area contributed by atoms with E-state index in [2.05, 4.69) is 11.4 Å². The molecule has 2 nitrogen and oxygen atoms in total. The number of hydrogen-bond donors (Lipinski definition) is 1. The molecule has 0 saturated carbocycles. The molecule has 1 unspecified atom stereocenters. The first-order valence-electron chi connectivity index (χ1n) is 6.21. The summed E-state index contributed by atoms with van der Waals surface area (Å²) in [6.07, 6.45) is -4.50. The summed E-state index contributed by atoms with van der Waals surface area (Å²) in [6.45, 7) is 6.81. The number of alkyl halides is 3. The molecule has 1 atom stereocenters. The van der Waals surface area contributed by atoms with E-state index in [9.17, 15) is 13.2 Å². The van der Waals surface area contributed by atoms with Crippen molar-refractivity contribution in [2.24, 2.45) is 0 Å². The van der Waals surface area contributed by atoms with Gasteiger partial charge >= 0.3 is 6.18 Å². The van der Waals surface area contributed by atoms with Crippen LogP contribution in [0.3, 0.4) is 0 Å². The van der Waals surface area contributed by atoms with Crippen molar-refractivity contribution in [1.29, 1.82) is 0 Å². The first-order chi connectivity index (χ1) is 8.69. The minimum absolute atomic E-state index is 0.159. The summed E-state index contributed by atoms with van der Waals surface area (Å²) in [5.41, 5.74) is 3.22. The number of ether oxygens (including phenoxy) is 1. The SMILES string of the molecule is Cc1cc(C)c(C)c(OC(C)CNCC(F)(F)F)c1. The van der Waals surface area contributed by atoms with Gasteiger partial charge in [-0.25, -0.2) is 0 Å². The Kier molecular flexibility index (Phi) is 5.23. The summed E-state index contributed by atoms with van der Waals surface area (Å²) in [7, 11) is 0. The lowest BCUT2D eigenvalue weighted by atomic mass is 10.1. The highest BCUT2D eigenvalue weighted by atomic mass is 19.4. The van der Waals surface area contributed by atoms with Crippen molar-refractivity contribution < 1.29 is 17.9 Å². The molecule has 19 heavy (non-hydrogen) atoms. The maximum absolute atomic E-state index is 12.0. The Morgan fingerprint density at radius 2 is 1.84 bits per heavy atom. The Labute approximate surface area is 112 Å². The van der Waals surface area contributed by atoms with Gasteiger partial charge in [0, 0.05) is 6.54 Å². The summed E-state index contributed by atoms with van der Waals surface area (Å²) < 4.78 is 41.7.